The van der Waals surface area contributed by atoms with E-state index in [0.29, 0.717) is 12.0 Å². The summed E-state index contributed by atoms with van der Waals surface area (Å²) < 4.78 is 10.9. The van der Waals surface area contributed by atoms with Crippen molar-refractivity contribution in [3.63, 3.8) is 0 Å². The van der Waals surface area contributed by atoms with E-state index >= 15 is 0 Å². The maximum atomic E-state index is 5.51. The molecule has 0 spiro atoms. The Kier molecular flexibility index (Phi) is 6.11. The molecule has 1 atom stereocenters. The van der Waals surface area contributed by atoms with Gasteiger partial charge in [-0.1, -0.05) is 6.07 Å². The number of benzene rings is 2. The first kappa shape index (κ1) is 21.4. The summed E-state index contributed by atoms with van der Waals surface area (Å²) in [7, 11) is 3.35. The second-order valence-electron chi connectivity index (χ2n) is 9.37. The zero-order valence-electron chi connectivity index (χ0n) is 19.5. The summed E-state index contributed by atoms with van der Waals surface area (Å²) in [5, 5.41) is 4.97. The third kappa shape index (κ3) is 4.12. The van der Waals surface area contributed by atoms with Gasteiger partial charge in [0.15, 0.2) is 11.5 Å². The summed E-state index contributed by atoms with van der Waals surface area (Å²) in [5.41, 5.74) is 6.24. The van der Waals surface area contributed by atoms with Gasteiger partial charge in [0, 0.05) is 34.7 Å². The number of aromatic amines is 1. The van der Waals surface area contributed by atoms with Crippen LogP contribution in [0.3, 0.4) is 0 Å². The number of nitrogens with one attached hydrogen (secondary N) is 2. The van der Waals surface area contributed by atoms with Gasteiger partial charge in [0.05, 0.1) is 14.2 Å². The Balaban J connectivity index is 1.34. The molecule has 170 valence electrons. The average Bonchev–Trinajstić information content (AvgIpc) is 3.46. The molecule has 5 rings (SSSR count). The zero-order valence-corrected chi connectivity index (χ0v) is 19.5. The number of aromatic nitrogens is 1. The summed E-state index contributed by atoms with van der Waals surface area (Å²) in [6.07, 6.45) is 5.18. The van der Waals surface area contributed by atoms with E-state index in [9.17, 15) is 0 Å². The van der Waals surface area contributed by atoms with E-state index in [4.69, 9.17) is 9.47 Å². The van der Waals surface area contributed by atoms with Crippen LogP contribution in [0.2, 0.25) is 0 Å². The monoisotopic (exact) mass is 433 g/mol. The molecule has 5 heteroatoms. The van der Waals surface area contributed by atoms with Crippen molar-refractivity contribution in [1.82, 2.24) is 15.2 Å². The topological polar surface area (TPSA) is 49.5 Å². The van der Waals surface area contributed by atoms with Gasteiger partial charge in [0.2, 0.25) is 0 Å². The molecular weight excluding hydrogens is 398 g/mol. The van der Waals surface area contributed by atoms with E-state index in [0.717, 1.165) is 22.8 Å². The van der Waals surface area contributed by atoms with Crippen molar-refractivity contribution in [3.05, 3.63) is 47.5 Å². The number of methoxy groups -OCH3 is 2. The van der Waals surface area contributed by atoms with Crippen LogP contribution in [-0.4, -0.2) is 56.3 Å². The molecule has 2 aliphatic rings. The molecule has 2 N–H and O–H groups in total. The van der Waals surface area contributed by atoms with E-state index in [1.165, 1.54) is 73.9 Å². The van der Waals surface area contributed by atoms with E-state index in [1.54, 1.807) is 14.2 Å². The second-order valence-corrected chi connectivity index (χ2v) is 9.37. The highest BCUT2D eigenvalue weighted by atomic mass is 16.5. The Bertz CT molecular complexity index is 1080. The van der Waals surface area contributed by atoms with E-state index in [-0.39, 0.29) is 0 Å². The Labute approximate surface area is 191 Å². The highest BCUT2D eigenvalue weighted by Gasteiger charge is 2.24. The zero-order chi connectivity index (χ0) is 22.1. The minimum atomic E-state index is 0.658. The van der Waals surface area contributed by atoms with Crippen LogP contribution in [0.25, 0.3) is 22.2 Å². The van der Waals surface area contributed by atoms with Gasteiger partial charge in [0.1, 0.15) is 0 Å². The SMILES string of the molecule is COc1ccc(-c2[nH]c3ccc(C4CCN(CC5CCCN5)CC4)cc3c2C)cc1OC. The van der Waals surface area contributed by atoms with Gasteiger partial charge in [-0.2, -0.15) is 0 Å². The number of nitrogens with zero attached hydrogens (tertiary/aromatic N) is 1. The molecule has 0 aliphatic carbocycles. The molecule has 2 saturated heterocycles. The number of rotatable bonds is 6. The lowest BCUT2D eigenvalue weighted by Crippen LogP contribution is -2.41. The van der Waals surface area contributed by atoms with Gasteiger partial charge in [-0.05, 0) is 99.6 Å². The summed E-state index contributed by atoms with van der Waals surface area (Å²) in [6.45, 7) is 7.06. The van der Waals surface area contributed by atoms with Crippen LogP contribution in [0.5, 0.6) is 11.5 Å². The first-order chi connectivity index (χ1) is 15.7. The Morgan fingerprint density at radius 2 is 1.78 bits per heavy atom. The van der Waals surface area contributed by atoms with Gasteiger partial charge in [0.25, 0.3) is 0 Å². The van der Waals surface area contributed by atoms with E-state index < -0.39 is 0 Å². The number of ether oxygens (including phenoxy) is 2. The predicted molar refractivity (Wildman–Crippen MR) is 131 cm³/mol. The maximum Gasteiger partial charge on any atom is 0.161 e. The first-order valence-corrected chi connectivity index (χ1v) is 12.0. The van der Waals surface area contributed by atoms with Crippen LogP contribution < -0.4 is 14.8 Å². The Morgan fingerprint density at radius 1 is 0.969 bits per heavy atom. The number of H-pyrrole nitrogens is 1. The lowest BCUT2D eigenvalue weighted by Gasteiger charge is -2.33. The van der Waals surface area contributed by atoms with Crippen molar-refractivity contribution in [2.24, 2.45) is 0 Å². The number of hydrogen-bond donors (Lipinski definition) is 2. The molecule has 3 heterocycles. The van der Waals surface area contributed by atoms with Gasteiger partial charge >= 0.3 is 0 Å². The fourth-order valence-corrected chi connectivity index (χ4v) is 5.55. The summed E-state index contributed by atoms with van der Waals surface area (Å²) in [4.78, 5) is 6.30. The molecule has 5 nitrogen and oxygen atoms in total. The third-order valence-electron chi connectivity index (χ3n) is 7.45. The molecule has 2 aliphatic heterocycles. The molecule has 0 amide bonds. The summed E-state index contributed by atoms with van der Waals surface area (Å²) >= 11 is 0. The second kappa shape index (κ2) is 9.16. The van der Waals surface area contributed by atoms with E-state index in [2.05, 4.69) is 46.4 Å². The van der Waals surface area contributed by atoms with Crippen molar-refractivity contribution in [3.8, 4) is 22.8 Å². The first-order valence-electron chi connectivity index (χ1n) is 12.0. The minimum absolute atomic E-state index is 0.658. The number of likely N-dealkylation sites (tertiary alicyclic amines) is 1. The van der Waals surface area contributed by atoms with Crippen molar-refractivity contribution in [1.29, 1.82) is 0 Å². The number of fused-ring (bicyclic) bond motifs is 1. The molecule has 1 aromatic heterocycles. The third-order valence-corrected chi connectivity index (χ3v) is 7.45. The smallest absolute Gasteiger partial charge is 0.161 e. The molecule has 3 aromatic rings. The van der Waals surface area contributed by atoms with Gasteiger partial charge in [-0.3, -0.25) is 0 Å². The van der Waals surface area contributed by atoms with Crippen LogP contribution in [0.1, 0.15) is 42.7 Å². The highest BCUT2D eigenvalue weighted by molar-refractivity contribution is 5.91. The molecule has 0 saturated carbocycles. The van der Waals surface area contributed by atoms with Gasteiger partial charge in [-0.15, -0.1) is 0 Å². The fourth-order valence-electron chi connectivity index (χ4n) is 5.55. The number of aryl methyl sites for hydroxylation is 1. The van der Waals surface area contributed by atoms with Crippen molar-refractivity contribution in [2.45, 2.75) is 44.6 Å². The molecule has 0 bridgehead atoms. The maximum absolute atomic E-state index is 5.51. The fraction of sp³-hybridized carbons (Fsp3) is 0.481. The Hall–Kier alpha value is -2.50. The largest absolute Gasteiger partial charge is 0.493 e. The Morgan fingerprint density at radius 3 is 2.50 bits per heavy atom. The van der Waals surface area contributed by atoms with Gasteiger partial charge < -0.3 is 24.7 Å². The highest BCUT2D eigenvalue weighted by Crippen LogP contribution is 2.37. The van der Waals surface area contributed by atoms with Crippen LogP contribution in [0, 0.1) is 6.92 Å². The normalized spacial score (nSPS) is 20.2. The van der Waals surface area contributed by atoms with Crippen molar-refractivity contribution >= 4 is 10.9 Å². The van der Waals surface area contributed by atoms with Crippen LogP contribution in [0.4, 0.5) is 0 Å². The molecule has 2 fully saturated rings. The predicted octanol–water partition coefficient (Wildman–Crippen LogP) is 5.09. The number of piperidine rings is 1. The molecule has 32 heavy (non-hydrogen) atoms. The van der Waals surface area contributed by atoms with Crippen LogP contribution >= 0.6 is 0 Å². The van der Waals surface area contributed by atoms with Crippen molar-refractivity contribution < 1.29 is 9.47 Å². The quantitative estimate of drug-likeness (QED) is 0.568. The molecule has 2 aromatic carbocycles. The average molecular weight is 434 g/mol. The van der Waals surface area contributed by atoms with E-state index in [1.807, 2.05) is 12.1 Å². The summed E-state index contributed by atoms with van der Waals surface area (Å²) in [5.74, 6) is 2.16. The molecular formula is C27H35N3O2. The van der Waals surface area contributed by atoms with Gasteiger partial charge in [-0.25, -0.2) is 0 Å². The van der Waals surface area contributed by atoms with Crippen LogP contribution in [0.15, 0.2) is 36.4 Å². The molecule has 0 radical (unpaired) electrons. The van der Waals surface area contributed by atoms with Crippen molar-refractivity contribution in [2.75, 3.05) is 40.4 Å². The molecule has 1 unspecified atom stereocenters. The number of hydrogen-bond acceptors (Lipinski definition) is 4. The van der Waals surface area contributed by atoms with Crippen LogP contribution in [-0.2, 0) is 0 Å². The standard InChI is InChI=1S/C27H35N3O2/c1-18-23-15-20(19-10-13-30(14-11-19)17-22-5-4-12-28-22)6-8-24(23)29-27(18)21-7-9-25(31-2)26(16-21)32-3/h6-9,15-16,19,22,28-29H,4-5,10-14,17H2,1-3H3. The summed E-state index contributed by atoms with van der Waals surface area (Å²) in [6, 6.07) is 13.8. The lowest BCUT2D eigenvalue weighted by atomic mass is 9.88. The minimum Gasteiger partial charge on any atom is -0.493 e. The lowest BCUT2D eigenvalue weighted by molar-refractivity contribution is 0.196.